The average molecular weight is 333 g/mol. The molecule has 1 amide bonds. The minimum absolute atomic E-state index is 0.0374. The molecule has 24 heavy (non-hydrogen) atoms. The monoisotopic (exact) mass is 333 g/mol. The van der Waals surface area contributed by atoms with E-state index in [-0.39, 0.29) is 23.7 Å². The highest BCUT2D eigenvalue weighted by Gasteiger charge is 2.17. The lowest BCUT2D eigenvalue weighted by molar-refractivity contribution is -0.131. The fraction of sp³-hybridized carbons (Fsp3) is 0.500. The van der Waals surface area contributed by atoms with E-state index in [4.69, 9.17) is 4.52 Å². The number of carbonyl (C=O) groups is 1. The molecule has 0 saturated heterocycles. The highest BCUT2D eigenvalue weighted by molar-refractivity contribution is 5.76. The lowest BCUT2D eigenvalue weighted by Crippen LogP contribution is -2.29. The van der Waals surface area contributed by atoms with Crippen molar-refractivity contribution >= 4 is 5.91 Å². The van der Waals surface area contributed by atoms with Crippen LogP contribution in [0.1, 0.15) is 62.9 Å². The molecule has 0 aliphatic rings. The minimum Gasteiger partial charge on any atom is -0.339 e. The number of hydrogen-bond donors (Lipinski definition) is 0. The molecule has 2 rings (SSSR count). The van der Waals surface area contributed by atoms with Gasteiger partial charge in [0.2, 0.25) is 11.8 Å². The maximum atomic E-state index is 13.0. The second kappa shape index (κ2) is 8.04. The lowest BCUT2D eigenvalue weighted by Gasteiger charge is -2.25. The Morgan fingerprint density at radius 1 is 1.25 bits per heavy atom. The van der Waals surface area contributed by atoms with E-state index in [1.54, 1.807) is 24.1 Å². The molecular formula is C18H24FN3O2. The highest BCUT2D eigenvalue weighted by atomic mass is 19.1. The van der Waals surface area contributed by atoms with Crippen LogP contribution in [0, 0.1) is 5.82 Å². The Morgan fingerprint density at radius 2 is 1.92 bits per heavy atom. The van der Waals surface area contributed by atoms with E-state index in [2.05, 4.69) is 10.1 Å². The summed E-state index contributed by atoms with van der Waals surface area (Å²) in [5.74, 6) is 1.25. The molecule has 6 heteroatoms. The Balaban J connectivity index is 1.83. The van der Waals surface area contributed by atoms with Crippen molar-refractivity contribution in [3.63, 3.8) is 0 Å². The van der Waals surface area contributed by atoms with E-state index < -0.39 is 0 Å². The predicted molar refractivity (Wildman–Crippen MR) is 88.9 cm³/mol. The predicted octanol–water partition coefficient (Wildman–Crippen LogP) is 3.87. The molecule has 0 saturated carbocycles. The van der Waals surface area contributed by atoms with Gasteiger partial charge in [0.05, 0.1) is 6.04 Å². The summed E-state index contributed by atoms with van der Waals surface area (Å²) >= 11 is 0. The van der Waals surface area contributed by atoms with E-state index in [0.717, 1.165) is 5.56 Å². The van der Waals surface area contributed by atoms with Gasteiger partial charge in [0.15, 0.2) is 5.82 Å². The standard InChI is InChI=1S/C18H24FN3O2/c1-12(2)18-20-16(24-21-18)6-5-7-17(23)22(4)13(3)14-8-10-15(19)11-9-14/h8-13H,5-7H2,1-4H3/t13-/m0/s1. The van der Waals surface area contributed by atoms with Gasteiger partial charge in [-0.15, -0.1) is 0 Å². The number of rotatable bonds is 7. The summed E-state index contributed by atoms with van der Waals surface area (Å²) in [5, 5.41) is 3.91. The number of amides is 1. The van der Waals surface area contributed by atoms with Gasteiger partial charge in [-0.3, -0.25) is 4.79 Å². The summed E-state index contributed by atoms with van der Waals surface area (Å²) in [5.41, 5.74) is 0.908. The summed E-state index contributed by atoms with van der Waals surface area (Å²) in [6.45, 7) is 5.94. The smallest absolute Gasteiger partial charge is 0.226 e. The first-order valence-electron chi connectivity index (χ1n) is 8.22. The van der Waals surface area contributed by atoms with Crippen LogP contribution in [-0.4, -0.2) is 28.0 Å². The van der Waals surface area contributed by atoms with Crippen LogP contribution in [0.5, 0.6) is 0 Å². The Morgan fingerprint density at radius 3 is 2.50 bits per heavy atom. The summed E-state index contributed by atoms with van der Waals surface area (Å²) in [6.07, 6.45) is 1.64. The lowest BCUT2D eigenvalue weighted by atomic mass is 10.1. The van der Waals surface area contributed by atoms with E-state index in [1.807, 2.05) is 20.8 Å². The molecule has 1 aromatic carbocycles. The molecule has 0 unspecified atom stereocenters. The van der Waals surface area contributed by atoms with Gasteiger partial charge < -0.3 is 9.42 Å². The SMILES string of the molecule is CC(C)c1noc(CCCC(=O)N(C)[C@@H](C)c2ccc(F)cc2)n1. The highest BCUT2D eigenvalue weighted by Crippen LogP contribution is 2.20. The average Bonchev–Trinajstić information content (AvgIpc) is 3.03. The zero-order valence-electron chi connectivity index (χ0n) is 14.6. The van der Waals surface area contributed by atoms with Crippen LogP contribution in [0.2, 0.25) is 0 Å². The molecular weight excluding hydrogens is 309 g/mol. The number of aromatic nitrogens is 2. The maximum absolute atomic E-state index is 13.0. The van der Waals surface area contributed by atoms with Crippen LogP contribution in [0.15, 0.2) is 28.8 Å². The van der Waals surface area contributed by atoms with Gasteiger partial charge in [0.25, 0.3) is 0 Å². The van der Waals surface area contributed by atoms with Crippen LogP contribution < -0.4 is 0 Å². The second-order valence-electron chi connectivity index (χ2n) is 6.29. The largest absolute Gasteiger partial charge is 0.339 e. The fourth-order valence-corrected chi connectivity index (χ4v) is 2.35. The molecule has 1 atom stereocenters. The van der Waals surface area contributed by atoms with Crippen molar-refractivity contribution in [3.05, 3.63) is 47.4 Å². The molecule has 1 aromatic heterocycles. The Hall–Kier alpha value is -2.24. The van der Waals surface area contributed by atoms with Gasteiger partial charge in [-0.1, -0.05) is 31.1 Å². The van der Waals surface area contributed by atoms with Gasteiger partial charge in [-0.2, -0.15) is 4.98 Å². The summed E-state index contributed by atoms with van der Waals surface area (Å²) in [7, 11) is 1.76. The molecule has 0 fully saturated rings. The zero-order valence-corrected chi connectivity index (χ0v) is 14.6. The van der Waals surface area contributed by atoms with Crippen molar-refractivity contribution < 1.29 is 13.7 Å². The van der Waals surface area contributed by atoms with E-state index in [1.165, 1.54) is 12.1 Å². The molecule has 2 aromatic rings. The van der Waals surface area contributed by atoms with E-state index >= 15 is 0 Å². The van der Waals surface area contributed by atoms with Crippen molar-refractivity contribution in [3.8, 4) is 0 Å². The third-order valence-corrected chi connectivity index (χ3v) is 4.11. The van der Waals surface area contributed by atoms with Gasteiger partial charge in [-0.25, -0.2) is 4.39 Å². The number of nitrogens with zero attached hydrogens (tertiary/aromatic N) is 3. The number of carbonyl (C=O) groups excluding carboxylic acids is 1. The Labute approximate surface area is 141 Å². The fourth-order valence-electron chi connectivity index (χ4n) is 2.35. The molecule has 1 heterocycles. The van der Waals surface area contributed by atoms with Crippen LogP contribution in [0.3, 0.4) is 0 Å². The van der Waals surface area contributed by atoms with Crippen molar-refractivity contribution in [2.24, 2.45) is 0 Å². The Kier molecular flexibility index (Phi) is 6.06. The van der Waals surface area contributed by atoms with E-state index in [9.17, 15) is 9.18 Å². The van der Waals surface area contributed by atoms with Gasteiger partial charge in [0, 0.05) is 25.8 Å². The molecule has 0 radical (unpaired) electrons. The van der Waals surface area contributed by atoms with Gasteiger partial charge in [0.1, 0.15) is 5.82 Å². The van der Waals surface area contributed by atoms with Crippen LogP contribution in [-0.2, 0) is 11.2 Å². The molecule has 0 bridgehead atoms. The van der Waals surface area contributed by atoms with Gasteiger partial charge >= 0.3 is 0 Å². The normalized spacial score (nSPS) is 12.4. The molecule has 0 N–H and O–H groups in total. The van der Waals surface area contributed by atoms with Crippen molar-refractivity contribution in [1.82, 2.24) is 15.0 Å². The topological polar surface area (TPSA) is 59.2 Å². The first-order chi connectivity index (χ1) is 11.4. The number of aryl methyl sites for hydroxylation is 1. The molecule has 130 valence electrons. The van der Waals surface area contributed by atoms with Crippen LogP contribution in [0.25, 0.3) is 0 Å². The van der Waals surface area contributed by atoms with Crippen LogP contribution >= 0.6 is 0 Å². The maximum Gasteiger partial charge on any atom is 0.226 e. The first-order valence-corrected chi connectivity index (χ1v) is 8.22. The number of benzene rings is 1. The van der Waals surface area contributed by atoms with Crippen LogP contribution in [0.4, 0.5) is 4.39 Å². The first kappa shape index (κ1) is 18.1. The van der Waals surface area contributed by atoms with Crippen molar-refractivity contribution in [2.75, 3.05) is 7.05 Å². The summed E-state index contributed by atoms with van der Waals surface area (Å²) < 4.78 is 18.2. The summed E-state index contributed by atoms with van der Waals surface area (Å²) in [6, 6.07) is 6.12. The third kappa shape index (κ3) is 4.63. The molecule has 0 spiro atoms. The van der Waals surface area contributed by atoms with Crippen molar-refractivity contribution in [2.45, 2.75) is 52.0 Å². The van der Waals surface area contributed by atoms with Crippen molar-refractivity contribution in [1.29, 1.82) is 0 Å². The van der Waals surface area contributed by atoms with E-state index in [0.29, 0.717) is 31.0 Å². The molecule has 0 aliphatic heterocycles. The summed E-state index contributed by atoms with van der Waals surface area (Å²) in [4.78, 5) is 18.3. The molecule has 5 nitrogen and oxygen atoms in total. The molecule has 0 aliphatic carbocycles. The number of hydrogen-bond acceptors (Lipinski definition) is 4. The number of halogens is 1. The quantitative estimate of drug-likeness (QED) is 0.771. The zero-order chi connectivity index (χ0) is 17.7. The Bertz CT molecular complexity index is 667. The van der Waals surface area contributed by atoms with Gasteiger partial charge in [-0.05, 0) is 31.0 Å². The third-order valence-electron chi connectivity index (χ3n) is 4.11. The minimum atomic E-state index is -0.278. The second-order valence-corrected chi connectivity index (χ2v) is 6.29.